The highest BCUT2D eigenvalue weighted by Crippen LogP contribution is 2.37. The highest BCUT2D eigenvalue weighted by Gasteiger charge is 2.41. The smallest absolute Gasteiger partial charge is 0.194 e. The Hall–Kier alpha value is -0.870. The third kappa shape index (κ3) is 4.42. The Balaban J connectivity index is 0.00000261. The van der Waals surface area contributed by atoms with Gasteiger partial charge in [-0.25, -0.2) is 13.4 Å². The quantitative estimate of drug-likeness (QED) is 0.371. The minimum Gasteiger partial charge on any atom is -0.383 e. The largest absolute Gasteiger partial charge is 0.383 e. The predicted molar refractivity (Wildman–Crippen MR) is 119 cm³/mol. The minimum atomic E-state index is -3.10. The molecule has 1 heterocycles. The summed E-state index contributed by atoms with van der Waals surface area (Å²) in [6, 6.07) is 7.97. The van der Waals surface area contributed by atoms with Gasteiger partial charge in [0.2, 0.25) is 0 Å². The van der Waals surface area contributed by atoms with Gasteiger partial charge >= 0.3 is 0 Å². The number of aliphatic hydroxyl groups is 1. The van der Waals surface area contributed by atoms with Crippen LogP contribution in [0.4, 0.5) is 0 Å². The number of nitrogens with zero attached hydrogens (tertiary/aromatic N) is 2. The second kappa shape index (κ2) is 8.24. The van der Waals surface area contributed by atoms with Gasteiger partial charge in [-0.15, -0.1) is 24.0 Å². The van der Waals surface area contributed by atoms with Crippen LogP contribution in [0.25, 0.3) is 0 Å². The third-order valence-corrected chi connectivity index (χ3v) is 8.03. The Kier molecular flexibility index (Phi) is 6.85. The van der Waals surface area contributed by atoms with Crippen LogP contribution in [0.1, 0.15) is 38.3 Å². The van der Waals surface area contributed by atoms with Crippen molar-refractivity contribution in [2.24, 2.45) is 4.99 Å². The van der Waals surface area contributed by atoms with Crippen LogP contribution >= 0.6 is 24.0 Å². The molecule has 1 aromatic rings. The van der Waals surface area contributed by atoms with E-state index in [1.807, 2.05) is 30.0 Å². The molecule has 0 amide bonds. The molecule has 0 spiro atoms. The molecule has 1 aliphatic heterocycles. The third-order valence-electron chi connectivity index (χ3n) is 5.49. The van der Waals surface area contributed by atoms with Gasteiger partial charge in [0.05, 0.1) is 17.0 Å². The van der Waals surface area contributed by atoms with Crippen molar-refractivity contribution in [3.63, 3.8) is 0 Å². The van der Waals surface area contributed by atoms with Crippen LogP contribution in [0, 0.1) is 0 Å². The molecule has 3 rings (SSSR count). The zero-order valence-corrected chi connectivity index (χ0v) is 19.4. The lowest BCUT2D eigenvalue weighted by Crippen LogP contribution is -2.57. The lowest BCUT2D eigenvalue weighted by atomic mass is 9.96. The van der Waals surface area contributed by atoms with Gasteiger partial charge in [-0.3, -0.25) is 0 Å². The Bertz CT molecular complexity index is 810. The molecule has 1 aromatic carbocycles. The summed E-state index contributed by atoms with van der Waals surface area (Å²) in [6.07, 6.45) is 1.52. The summed E-state index contributed by atoms with van der Waals surface area (Å²) in [5, 5.41) is 14.3. The standard InChI is InChI=1S/C19H29N3O3S.HI/c1-4-20-17(22-11-12-26(24,25)18(2,3)14-22)21-13-19(23)10-9-15-7-5-6-8-16(15)19;/h5-8,23H,4,9-14H2,1-3H3,(H,20,21);1H. The van der Waals surface area contributed by atoms with Crippen molar-refractivity contribution in [1.82, 2.24) is 10.2 Å². The molecule has 8 heteroatoms. The molecule has 2 N–H and O–H groups in total. The van der Waals surface area contributed by atoms with Gasteiger partial charge in [0, 0.05) is 19.6 Å². The first-order valence-corrected chi connectivity index (χ1v) is 10.9. The predicted octanol–water partition coefficient (Wildman–Crippen LogP) is 1.91. The Morgan fingerprint density at radius 3 is 2.70 bits per heavy atom. The summed E-state index contributed by atoms with van der Waals surface area (Å²) in [5.74, 6) is 0.797. The Labute approximate surface area is 179 Å². The molecule has 0 aromatic heterocycles. The maximum absolute atomic E-state index is 12.3. The number of nitrogens with one attached hydrogen (secondary N) is 1. The van der Waals surface area contributed by atoms with Crippen LogP contribution in [0.15, 0.2) is 29.3 Å². The molecule has 1 unspecified atom stereocenters. The number of guanidine groups is 1. The maximum atomic E-state index is 12.3. The average molecular weight is 507 g/mol. The summed E-state index contributed by atoms with van der Waals surface area (Å²) in [7, 11) is -3.10. The topological polar surface area (TPSA) is 82.0 Å². The van der Waals surface area contributed by atoms with Gasteiger partial charge < -0.3 is 15.3 Å². The van der Waals surface area contributed by atoms with E-state index >= 15 is 0 Å². The Morgan fingerprint density at radius 2 is 2.04 bits per heavy atom. The van der Waals surface area contributed by atoms with E-state index in [-0.39, 0.29) is 36.3 Å². The van der Waals surface area contributed by atoms with Crippen LogP contribution in [0.3, 0.4) is 0 Å². The fourth-order valence-electron chi connectivity index (χ4n) is 3.79. The van der Waals surface area contributed by atoms with Crippen LogP contribution in [0.5, 0.6) is 0 Å². The fraction of sp³-hybridized carbons (Fsp3) is 0.632. The number of aryl methyl sites for hydroxylation is 1. The highest BCUT2D eigenvalue weighted by atomic mass is 127. The average Bonchev–Trinajstić information content (AvgIpc) is 2.92. The van der Waals surface area contributed by atoms with Gasteiger partial charge in [-0.05, 0) is 44.7 Å². The monoisotopic (exact) mass is 507 g/mol. The lowest BCUT2D eigenvalue weighted by molar-refractivity contribution is 0.0482. The van der Waals surface area contributed by atoms with E-state index in [1.165, 1.54) is 5.56 Å². The summed E-state index contributed by atoms with van der Waals surface area (Å²) in [6.45, 7) is 7.30. The number of fused-ring (bicyclic) bond motifs is 1. The van der Waals surface area contributed by atoms with E-state index in [4.69, 9.17) is 0 Å². The van der Waals surface area contributed by atoms with Crippen molar-refractivity contribution in [2.75, 3.05) is 31.9 Å². The number of hydrogen-bond donors (Lipinski definition) is 2. The van der Waals surface area contributed by atoms with Crippen LogP contribution in [-0.2, 0) is 21.9 Å². The number of benzene rings is 1. The van der Waals surface area contributed by atoms with Gasteiger partial charge in [0.1, 0.15) is 5.60 Å². The normalized spacial score (nSPS) is 26.2. The Morgan fingerprint density at radius 1 is 1.33 bits per heavy atom. The summed E-state index contributed by atoms with van der Waals surface area (Å²) < 4.78 is 23.7. The first-order valence-electron chi connectivity index (χ1n) is 9.25. The summed E-state index contributed by atoms with van der Waals surface area (Å²) in [5.41, 5.74) is 1.19. The highest BCUT2D eigenvalue weighted by molar-refractivity contribution is 14.0. The van der Waals surface area contributed by atoms with Gasteiger partial charge in [0.25, 0.3) is 0 Å². The molecule has 1 saturated heterocycles. The zero-order valence-electron chi connectivity index (χ0n) is 16.2. The van der Waals surface area contributed by atoms with E-state index < -0.39 is 20.2 Å². The van der Waals surface area contributed by atoms with E-state index in [0.717, 1.165) is 12.0 Å². The van der Waals surface area contributed by atoms with E-state index in [2.05, 4.69) is 16.4 Å². The summed E-state index contributed by atoms with van der Waals surface area (Å²) in [4.78, 5) is 6.68. The number of sulfone groups is 1. The molecule has 1 aliphatic carbocycles. The van der Waals surface area contributed by atoms with Crippen LogP contribution < -0.4 is 5.32 Å². The number of hydrogen-bond acceptors (Lipinski definition) is 4. The molecule has 152 valence electrons. The molecule has 1 atom stereocenters. The first-order chi connectivity index (χ1) is 12.2. The van der Waals surface area contributed by atoms with Crippen molar-refractivity contribution in [3.8, 4) is 0 Å². The molecule has 2 aliphatic rings. The maximum Gasteiger partial charge on any atom is 0.194 e. The first kappa shape index (κ1) is 22.4. The van der Waals surface area contributed by atoms with Gasteiger partial charge in [-0.2, -0.15) is 0 Å². The van der Waals surface area contributed by atoms with E-state index in [9.17, 15) is 13.5 Å². The fourth-order valence-corrected chi connectivity index (χ4v) is 5.15. The van der Waals surface area contributed by atoms with Crippen molar-refractivity contribution >= 4 is 39.8 Å². The molecular formula is C19H30IN3O3S. The van der Waals surface area contributed by atoms with Gasteiger partial charge in [0.15, 0.2) is 15.8 Å². The molecular weight excluding hydrogens is 477 g/mol. The zero-order chi connectivity index (χ0) is 19.0. The number of aliphatic imine (C=N–C) groups is 1. The van der Waals surface area contributed by atoms with Crippen molar-refractivity contribution in [2.45, 2.75) is 44.0 Å². The number of rotatable bonds is 3. The lowest BCUT2D eigenvalue weighted by Gasteiger charge is -2.39. The van der Waals surface area contributed by atoms with E-state index in [1.54, 1.807) is 13.8 Å². The van der Waals surface area contributed by atoms with Crippen molar-refractivity contribution in [3.05, 3.63) is 35.4 Å². The molecule has 0 bridgehead atoms. The SMILES string of the molecule is CCNC(=NCC1(O)CCc2ccccc21)N1CCS(=O)(=O)C(C)(C)C1.I. The van der Waals surface area contributed by atoms with Crippen molar-refractivity contribution < 1.29 is 13.5 Å². The van der Waals surface area contributed by atoms with E-state index in [0.29, 0.717) is 32.0 Å². The molecule has 6 nitrogen and oxygen atoms in total. The van der Waals surface area contributed by atoms with Crippen LogP contribution in [0.2, 0.25) is 0 Å². The molecule has 1 fully saturated rings. The van der Waals surface area contributed by atoms with Crippen molar-refractivity contribution in [1.29, 1.82) is 0 Å². The van der Waals surface area contributed by atoms with Crippen LogP contribution in [-0.4, -0.2) is 61.1 Å². The molecule has 0 radical (unpaired) electrons. The minimum absolute atomic E-state index is 0. The summed E-state index contributed by atoms with van der Waals surface area (Å²) >= 11 is 0. The van der Waals surface area contributed by atoms with Gasteiger partial charge in [-0.1, -0.05) is 24.3 Å². The second-order valence-corrected chi connectivity index (χ2v) is 10.6. The molecule has 27 heavy (non-hydrogen) atoms. The second-order valence-electron chi connectivity index (χ2n) is 7.86. The molecule has 0 saturated carbocycles. The number of halogens is 1.